The molecular formula is C21H27O3PS. The highest BCUT2D eigenvalue weighted by Crippen LogP contribution is 2.34. The summed E-state index contributed by atoms with van der Waals surface area (Å²) in [6.07, 6.45) is 2.99. The topological polar surface area (TPSA) is 43.4 Å². The normalized spacial score (nSPS) is 13.1. The minimum Gasteiger partial charge on any atom is -0.466 e. The van der Waals surface area contributed by atoms with E-state index in [0.29, 0.717) is 18.3 Å². The van der Waals surface area contributed by atoms with Crippen LogP contribution in [0.4, 0.5) is 0 Å². The predicted molar refractivity (Wildman–Crippen MR) is 111 cm³/mol. The van der Waals surface area contributed by atoms with Crippen LogP contribution in [0.1, 0.15) is 25.3 Å². The number of carbonyl (C=O) groups excluding carboxylic acids is 1. The van der Waals surface area contributed by atoms with Gasteiger partial charge in [-0.05, 0) is 43.9 Å². The van der Waals surface area contributed by atoms with Crippen LogP contribution in [0.25, 0.3) is 0 Å². The summed E-state index contributed by atoms with van der Waals surface area (Å²) in [5.41, 5.74) is 1.84. The molecule has 0 aromatic heterocycles. The van der Waals surface area contributed by atoms with Crippen molar-refractivity contribution in [1.82, 2.24) is 0 Å². The first-order chi connectivity index (χ1) is 12.7. The second-order valence-electron chi connectivity index (χ2n) is 6.17. The molecule has 0 aliphatic rings. The van der Waals surface area contributed by atoms with Crippen LogP contribution in [0.2, 0.25) is 0 Å². The van der Waals surface area contributed by atoms with Gasteiger partial charge in [-0.15, -0.1) is 11.8 Å². The summed E-state index contributed by atoms with van der Waals surface area (Å²) in [5.74, 6) is -0.468. The SMILES string of the molecule is CCOC(=O)C(CCCc1ccccc1)C[PH](=O)CSc1ccccc1. The maximum Gasteiger partial charge on any atom is 0.309 e. The summed E-state index contributed by atoms with van der Waals surface area (Å²) in [7, 11) is -1.83. The van der Waals surface area contributed by atoms with Crippen LogP contribution < -0.4 is 0 Å². The molecule has 0 radical (unpaired) electrons. The Kier molecular flexibility index (Phi) is 9.58. The monoisotopic (exact) mass is 390 g/mol. The van der Waals surface area contributed by atoms with Gasteiger partial charge in [0.2, 0.25) is 0 Å². The number of rotatable bonds is 11. The Morgan fingerprint density at radius 3 is 2.38 bits per heavy atom. The van der Waals surface area contributed by atoms with Crippen molar-refractivity contribution in [2.75, 3.05) is 18.3 Å². The molecule has 0 spiro atoms. The van der Waals surface area contributed by atoms with Crippen molar-refractivity contribution in [1.29, 1.82) is 0 Å². The van der Waals surface area contributed by atoms with Gasteiger partial charge >= 0.3 is 5.97 Å². The van der Waals surface area contributed by atoms with Crippen molar-refractivity contribution in [3.8, 4) is 0 Å². The first-order valence-corrected chi connectivity index (χ1v) is 11.9. The maximum absolute atomic E-state index is 12.5. The summed E-state index contributed by atoms with van der Waals surface area (Å²) in [6.45, 7) is 2.18. The van der Waals surface area contributed by atoms with E-state index >= 15 is 0 Å². The summed E-state index contributed by atoms with van der Waals surface area (Å²) in [6, 6.07) is 20.2. The molecule has 0 heterocycles. The van der Waals surface area contributed by atoms with E-state index in [9.17, 15) is 9.36 Å². The number of hydrogen-bond donors (Lipinski definition) is 0. The second kappa shape index (κ2) is 12.0. The minimum absolute atomic E-state index is 0.205. The molecule has 2 aromatic carbocycles. The predicted octanol–water partition coefficient (Wildman–Crippen LogP) is 5.50. The van der Waals surface area contributed by atoms with Crippen LogP contribution in [0, 0.1) is 5.92 Å². The third-order valence-corrected chi connectivity index (χ3v) is 7.52. The fourth-order valence-corrected chi connectivity index (χ4v) is 5.83. The van der Waals surface area contributed by atoms with Gasteiger partial charge in [-0.3, -0.25) is 4.79 Å². The molecule has 140 valence electrons. The highest BCUT2D eigenvalue weighted by molar-refractivity contribution is 8.03. The maximum atomic E-state index is 12.5. The number of esters is 1. The van der Waals surface area contributed by atoms with Crippen LogP contribution >= 0.6 is 19.6 Å². The molecule has 0 saturated carbocycles. The van der Waals surface area contributed by atoms with E-state index < -0.39 is 7.80 Å². The van der Waals surface area contributed by atoms with E-state index in [4.69, 9.17) is 4.74 Å². The molecule has 0 amide bonds. The zero-order chi connectivity index (χ0) is 18.6. The van der Waals surface area contributed by atoms with Crippen molar-refractivity contribution in [3.63, 3.8) is 0 Å². The van der Waals surface area contributed by atoms with Gasteiger partial charge in [-0.25, -0.2) is 0 Å². The van der Waals surface area contributed by atoms with Gasteiger partial charge in [0.15, 0.2) is 0 Å². The Labute approximate surface area is 161 Å². The minimum atomic E-state index is -1.83. The smallest absolute Gasteiger partial charge is 0.309 e. The Morgan fingerprint density at radius 2 is 1.73 bits per heavy atom. The molecule has 0 bridgehead atoms. The first kappa shape index (κ1) is 20.8. The Morgan fingerprint density at radius 1 is 1.08 bits per heavy atom. The van der Waals surface area contributed by atoms with Gasteiger partial charge in [0.05, 0.1) is 20.3 Å². The van der Waals surface area contributed by atoms with E-state index in [1.165, 1.54) is 5.56 Å². The highest BCUT2D eigenvalue weighted by atomic mass is 32.2. The van der Waals surface area contributed by atoms with Gasteiger partial charge < -0.3 is 9.30 Å². The standard InChI is InChI=1S/C21H27O3PS/c1-2-24-21(22)19(13-9-12-18-10-5-3-6-11-18)16-25(23)17-26-20-14-7-4-8-15-20/h3-8,10-11,14-15,19,25H,2,9,12-13,16-17H2,1H3. The summed E-state index contributed by atoms with van der Waals surface area (Å²) in [4.78, 5) is 13.4. The molecule has 0 saturated heterocycles. The number of ether oxygens (including phenoxy) is 1. The lowest BCUT2D eigenvalue weighted by molar-refractivity contribution is -0.147. The van der Waals surface area contributed by atoms with Crippen molar-refractivity contribution < 1.29 is 14.1 Å². The lowest BCUT2D eigenvalue weighted by Gasteiger charge is -2.15. The number of thioether (sulfide) groups is 1. The van der Waals surface area contributed by atoms with Crippen LogP contribution in [0.3, 0.4) is 0 Å². The summed E-state index contributed by atoms with van der Waals surface area (Å²) >= 11 is 1.60. The molecule has 0 aliphatic heterocycles. The number of hydrogen-bond acceptors (Lipinski definition) is 4. The third kappa shape index (κ3) is 7.80. The second-order valence-corrected chi connectivity index (χ2v) is 9.57. The van der Waals surface area contributed by atoms with Crippen molar-refractivity contribution in [2.24, 2.45) is 5.92 Å². The molecule has 26 heavy (non-hydrogen) atoms. The summed E-state index contributed by atoms with van der Waals surface area (Å²) in [5, 5.41) is 0. The van der Waals surface area contributed by atoms with E-state index in [1.54, 1.807) is 11.8 Å². The summed E-state index contributed by atoms with van der Waals surface area (Å²) < 4.78 is 17.7. The fraction of sp³-hybridized carbons (Fsp3) is 0.381. The quantitative estimate of drug-likeness (QED) is 0.289. The van der Waals surface area contributed by atoms with E-state index in [0.717, 1.165) is 24.2 Å². The van der Waals surface area contributed by atoms with Gasteiger partial charge in [0.1, 0.15) is 0 Å². The van der Waals surface area contributed by atoms with Gasteiger partial charge in [0, 0.05) is 16.6 Å². The van der Waals surface area contributed by atoms with Crippen molar-refractivity contribution in [2.45, 2.75) is 31.1 Å². The molecule has 2 atom stereocenters. The Balaban J connectivity index is 1.83. The number of aryl methyl sites for hydroxylation is 1. The first-order valence-electron chi connectivity index (χ1n) is 9.09. The molecule has 5 heteroatoms. The van der Waals surface area contributed by atoms with Crippen LogP contribution in [-0.4, -0.2) is 24.2 Å². The molecule has 0 fully saturated rings. The Bertz CT molecular complexity index is 676. The van der Waals surface area contributed by atoms with Gasteiger partial charge in [-0.1, -0.05) is 48.5 Å². The van der Waals surface area contributed by atoms with Gasteiger partial charge in [0.25, 0.3) is 0 Å². The lowest BCUT2D eigenvalue weighted by atomic mass is 10.0. The fourth-order valence-electron chi connectivity index (χ4n) is 2.77. The van der Waals surface area contributed by atoms with Gasteiger partial charge in [-0.2, -0.15) is 0 Å². The van der Waals surface area contributed by atoms with E-state index in [-0.39, 0.29) is 11.9 Å². The van der Waals surface area contributed by atoms with E-state index in [1.807, 2.05) is 55.5 Å². The zero-order valence-corrected chi connectivity index (χ0v) is 17.0. The highest BCUT2D eigenvalue weighted by Gasteiger charge is 2.22. The van der Waals surface area contributed by atoms with Crippen LogP contribution in [-0.2, 0) is 20.5 Å². The molecule has 0 N–H and O–H groups in total. The molecule has 2 unspecified atom stereocenters. The van der Waals surface area contributed by atoms with Crippen molar-refractivity contribution >= 4 is 25.5 Å². The van der Waals surface area contributed by atoms with Crippen molar-refractivity contribution in [3.05, 3.63) is 66.2 Å². The molecule has 2 aromatic rings. The van der Waals surface area contributed by atoms with Crippen LogP contribution in [0.15, 0.2) is 65.6 Å². The lowest BCUT2D eigenvalue weighted by Crippen LogP contribution is -2.20. The zero-order valence-electron chi connectivity index (χ0n) is 15.2. The Hall–Kier alpha value is -1.51. The molecule has 0 aliphatic carbocycles. The van der Waals surface area contributed by atoms with Crippen LogP contribution in [0.5, 0.6) is 0 Å². The largest absolute Gasteiger partial charge is 0.466 e. The third-order valence-electron chi connectivity index (χ3n) is 4.10. The number of benzene rings is 2. The average molecular weight is 390 g/mol. The number of carbonyl (C=O) groups is 1. The van der Waals surface area contributed by atoms with E-state index in [2.05, 4.69) is 12.1 Å². The average Bonchev–Trinajstić information content (AvgIpc) is 2.67. The molecule has 2 rings (SSSR count). The molecule has 3 nitrogen and oxygen atoms in total. The molecular weight excluding hydrogens is 363 g/mol.